The Balaban J connectivity index is 1.49. The zero-order valence-corrected chi connectivity index (χ0v) is 19.2. The molecule has 166 valence electrons. The number of carbonyl (C=O) groups excluding carboxylic acids is 2. The van der Waals surface area contributed by atoms with Gasteiger partial charge in [0.1, 0.15) is 10.8 Å². The van der Waals surface area contributed by atoms with E-state index in [2.05, 4.69) is 17.4 Å². The van der Waals surface area contributed by atoms with Crippen LogP contribution in [0.25, 0.3) is 11.1 Å². The number of anilines is 1. The van der Waals surface area contributed by atoms with E-state index in [1.165, 1.54) is 18.4 Å². The maximum absolute atomic E-state index is 13.0. The maximum atomic E-state index is 13.0. The summed E-state index contributed by atoms with van der Waals surface area (Å²) in [6.45, 7) is 1.91. The van der Waals surface area contributed by atoms with Crippen LogP contribution in [0.3, 0.4) is 0 Å². The van der Waals surface area contributed by atoms with Gasteiger partial charge in [-0.2, -0.15) is 0 Å². The fraction of sp³-hybridized carbons (Fsp3) is 0.308. The van der Waals surface area contributed by atoms with Gasteiger partial charge in [0.15, 0.2) is 6.10 Å². The highest BCUT2D eigenvalue weighted by atomic mass is 32.1. The summed E-state index contributed by atoms with van der Waals surface area (Å²) in [4.78, 5) is 26.6. The molecule has 1 aliphatic rings. The molecule has 5 nitrogen and oxygen atoms in total. The van der Waals surface area contributed by atoms with Gasteiger partial charge < -0.3 is 14.8 Å². The largest absolute Gasteiger partial charge is 0.481 e. The lowest BCUT2D eigenvalue weighted by atomic mass is 9.95. The molecule has 3 aromatic rings. The third kappa shape index (κ3) is 4.70. The molecule has 6 heteroatoms. The van der Waals surface area contributed by atoms with Gasteiger partial charge in [-0.05, 0) is 60.9 Å². The van der Waals surface area contributed by atoms with Crippen molar-refractivity contribution in [3.63, 3.8) is 0 Å². The number of nitrogens with one attached hydrogen (secondary N) is 1. The van der Waals surface area contributed by atoms with E-state index in [-0.39, 0.29) is 5.91 Å². The van der Waals surface area contributed by atoms with Crippen LogP contribution in [0.15, 0.2) is 54.6 Å². The minimum atomic E-state index is -0.665. The molecule has 32 heavy (non-hydrogen) atoms. The summed E-state index contributed by atoms with van der Waals surface area (Å²) in [5.74, 6) is -0.0288. The van der Waals surface area contributed by atoms with E-state index in [0.717, 1.165) is 47.3 Å². The highest BCUT2D eigenvalue weighted by molar-refractivity contribution is 7.17. The third-order valence-corrected chi connectivity index (χ3v) is 6.91. The van der Waals surface area contributed by atoms with E-state index in [0.29, 0.717) is 22.7 Å². The molecular weight excluding hydrogens is 422 g/mol. The second-order valence-electron chi connectivity index (χ2n) is 7.80. The highest BCUT2D eigenvalue weighted by Crippen LogP contribution is 2.38. The van der Waals surface area contributed by atoms with Crippen LogP contribution in [0.2, 0.25) is 0 Å². The number of hydrogen-bond donors (Lipinski definition) is 1. The molecule has 1 N–H and O–H groups in total. The monoisotopic (exact) mass is 449 g/mol. The second kappa shape index (κ2) is 10.0. The lowest BCUT2D eigenvalue weighted by Gasteiger charge is -2.17. The zero-order chi connectivity index (χ0) is 22.5. The topological polar surface area (TPSA) is 64.6 Å². The van der Waals surface area contributed by atoms with Crippen LogP contribution in [0.5, 0.6) is 5.75 Å². The van der Waals surface area contributed by atoms with Gasteiger partial charge in [0.05, 0.1) is 12.7 Å². The van der Waals surface area contributed by atoms with Crippen LogP contribution in [0.1, 0.15) is 47.0 Å². The Labute approximate surface area is 192 Å². The van der Waals surface area contributed by atoms with Crippen molar-refractivity contribution >= 4 is 28.2 Å². The number of aryl methyl sites for hydroxylation is 1. The molecule has 4 rings (SSSR count). The van der Waals surface area contributed by atoms with Gasteiger partial charge in [-0.15, -0.1) is 11.3 Å². The predicted octanol–water partition coefficient (Wildman–Crippen LogP) is 5.88. The molecule has 0 spiro atoms. The predicted molar refractivity (Wildman–Crippen MR) is 128 cm³/mol. The zero-order valence-electron chi connectivity index (χ0n) is 18.4. The lowest BCUT2D eigenvalue weighted by Crippen LogP contribution is -2.32. The summed E-state index contributed by atoms with van der Waals surface area (Å²) < 4.78 is 11.0. The average Bonchev–Trinajstić information content (AvgIpc) is 3.20. The fourth-order valence-electron chi connectivity index (χ4n) is 4.01. The van der Waals surface area contributed by atoms with Gasteiger partial charge in [-0.3, -0.25) is 4.79 Å². The lowest BCUT2D eigenvalue weighted by molar-refractivity contribution is -0.122. The highest BCUT2D eigenvalue weighted by Gasteiger charge is 2.28. The fourth-order valence-corrected chi connectivity index (χ4v) is 5.29. The van der Waals surface area contributed by atoms with Gasteiger partial charge >= 0.3 is 5.97 Å². The van der Waals surface area contributed by atoms with Crippen LogP contribution < -0.4 is 10.1 Å². The molecule has 0 bridgehead atoms. The number of hydrogen-bond acceptors (Lipinski definition) is 5. The van der Waals surface area contributed by atoms with Gasteiger partial charge in [-0.25, -0.2) is 4.79 Å². The van der Waals surface area contributed by atoms with Crippen molar-refractivity contribution in [3.05, 3.63) is 70.6 Å². The van der Waals surface area contributed by atoms with Crippen molar-refractivity contribution in [1.82, 2.24) is 0 Å². The quantitative estimate of drug-likeness (QED) is 0.458. The number of ether oxygens (including phenoxy) is 2. The first-order valence-electron chi connectivity index (χ1n) is 11.0. The standard InChI is InChI=1S/C26H27NO4S/c1-3-21(31-19-15-13-18(14-16-19)17-9-5-4-6-10-17)24(28)27-25-23(26(29)30-2)20-11-7-8-12-22(20)32-25/h4-6,9-10,13-16,21H,3,7-8,11-12H2,1-2H3,(H,27,28). The van der Waals surface area contributed by atoms with E-state index < -0.39 is 12.1 Å². The van der Waals surface area contributed by atoms with Crippen LogP contribution in [-0.4, -0.2) is 25.1 Å². The number of esters is 1. The van der Waals surface area contributed by atoms with Crippen LogP contribution in [0.4, 0.5) is 5.00 Å². The van der Waals surface area contributed by atoms with Crippen LogP contribution in [0, 0.1) is 0 Å². The Morgan fingerprint density at radius 3 is 2.38 bits per heavy atom. The molecule has 0 aliphatic heterocycles. The molecule has 1 heterocycles. The number of rotatable bonds is 7. The van der Waals surface area contributed by atoms with Gasteiger partial charge in [0, 0.05) is 4.88 Å². The minimum absolute atomic E-state index is 0.261. The summed E-state index contributed by atoms with van der Waals surface area (Å²) in [7, 11) is 1.37. The molecule has 1 aromatic heterocycles. The third-order valence-electron chi connectivity index (χ3n) is 5.70. The van der Waals surface area contributed by atoms with Crippen molar-refractivity contribution < 1.29 is 19.1 Å². The van der Waals surface area contributed by atoms with Gasteiger partial charge in [0.25, 0.3) is 5.91 Å². The molecule has 1 unspecified atom stereocenters. The summed E-state index contributed by atoms with van der Waals surface area (Å²) >= 11 is 1.48. The maximum Gasteiger partial charge on any atom is 0.341 e. The molecule has 0 radical (unpaired) electrons. The Bertz CT molecular complexity index is 1090. The molecule has 0 saturated heterocycles. The summed E-state index contributed by atoms with van der Waals surface area (Å²) in [6.07, 6.45) is 3.75. The van der Waals surface area contributed by atoms with E-state index in [9.17, 15) is 9.59 Å². The first-order valence-corrected chi connectivity index (χ1v) is 11.8. The van der Waals surface area contributed by atoms with E-state index >= 15 is 0 Å². The smallest absolute Gasteiger partial charge is 0.341 e. The second-order valence-corrected chi connectivity index (χ2v) is 8.91. The number of methoxy groups -OCH3 is 1. The molecule has 2 aromatic carbocycles. The van der Waals surface area contributed by atoms with Crippen LogP contribution >= 0.6 is 11.3 Å². The van der Waals surface area contributed by atoms with E-state index in [1.54, 1.807) is 0 Å². The number of amides is 1. The summed E-state index contributed by atoms with van der Waals surface area (Å²) in [5.41, 5.74) is 3.74. The van der Waals surface area contributed by atoms with Crippen molar-refractivity contribution in [2.45, 2.75) is 45.1 Å². The Morgan fingerprint density at radius 2 is 1.69 bits per heavy atom. The van der Waals surface area contributed by atoms with Crippen molar-refractivity contribution in [2.24, 2.45) is 0 Å². The van der Waals surface area contributed by atoms with E-state index in [4.69, 9.17) is 9.47 Å². The first-order chi connectivity index (χ1) is 15.6. The number of benzene rings is 2. The average molecular weight is 450 g/mol. The summed E-state index contributed by atoms with van der Waals surface area (Å²) in [6, 6.07) is 17.8. The Morgan fingerprint density at radius 1 is 1.00 bits per heavy atom. The van der Waals surface area contributed by atoms with E-state index in [1.807, 2.05) is 49.4 Å². The van der Waals surface area contributed by atoms with Gasteiger partial charge in [-0.1, -0.05) is 49.4 Å². The first kappa shape index (κ1) is 22.1. The molecule has 1 amide bonds. The SMILES string of the molecule is CCC(Oc1ccc(-c2ccccc2)cc1)C(=O)Nc1sc2c(c1C(=O)OC)CCCC2. The number of fused-ring (bicyclic) bond motifs is 1. The Kier molecular flexibility index (Phi) is 6.90. The summed E-state index contributed by atoms with van der Waals surface area (Å²) in [5, 5.41) is 3.51. The molecule has 0 fully saturated rings. The van der Waals surface area contributed by atoms with Crippen molar-refractivity contribution in [1.29, 1.82) is 0 Å². The minimum Gasteiger partial charge on any atom is -0.481 e. The van der Waals surface area contributed by atoms with Crippen molar-refractivity contribution in [3.8, 4) is 16.9 Å². The molecule has 0 saturated carbocycles. The van der Waals surface area contributed by atoms with Crippen LogP contribution in [-0.2, 0) is 22.4 Å². The Hall–Kier alpha value is -3.12. The molecule has 1 atom stereocenters. The molecule has 1 aliphatic carbocycles. The van der Waals surface area contributed by atoms with Crippen molar-refractivity contribution in [2.75, 3.05) is 12.4 Å². The molecular formula is C26H27NO4S. The van der Waals surface area contributed by atoms with Gasteiger partial charge in [0.2, 0.25) is 0 Å². The number of thiophene rings is 1. The number of carbonyl (C=O) groups is 2. The normalized spacial score (nSPS) is 13.7.